The first-order chi connectivity index (χ1) is 16.0. The van der Waals surface area contributed by atoms with Crippen molar-refractivity contribution in [2.75, 3.05) is 37.7 Å². The lowest BCUT2D eigenvalue weighted by molar-refractivity contribution is -0.384. The summed E-state index contributed by atoms with van der Waals surface area (Å²) in [6, 6.07) is 14.0. The van der Waals surface area contributed by atoms with Gasteiger partial charge in [-0.05, 0) is 24.3 Å². The topological polar surface area (TPSA) is 129 Å². The van der Waals surface area contributed by atoms with Crippen LogP contribution in [0.25, 0.3) is 10.9 Å². The van der Waals surface area contributed by atoms with Gasteiger partial charge in [-0.15, -0.1) is 0 Å². The highest BCUT2D eigenvalue weighted by Crippen LogP contribution is 2.21. The molecule has 0 unspecified atom stereocenters. The summed E-state index contributed by atoms with van der Waals surface area (Å²) in [4.78, 5) is 44.1. The normalized spacial score (nSPS) is 14.7. The zero-order valence-electron chi connectivity index (χ0n) is 17.8. The minimum atomic E-state index is -1.06. The van der Waals surface area contributed by atoms with Crippen molar-refractivity contribution in [1.82, 2.24) is 15.2 Å². The number of fused-ring (bicyclic) bond motifs is 1. The van der Waals surface area contributed by atoms with Crippen LogP contribution in [0.5, 0.6) is 0 Å². The zero-order valence-corrected chi connectivity index (χ0v) is 17.8. The number of rotatable bonds is 6. The number of aliphatic hydroxyl groups excluding tert-OH is 1. The Morgan fingerprint density at radius 3 is 2.42 bits per heavy atom. The SMILES string of the molecule is O=C(N[C@@H](CO)C(=O)N1CCN(c2ccc([N+](=O)[O-])cc2)CC1)c1ccnc2ccccc12. The van der Waals surface area contributed by atoms with Gasteiger partial charge in [0.05, 0.1) is 22.6 Å². The summed E-state index contributed by atoms with van der Waals surface area (Å²) in [5.74, 6) is -0.807. The molecular formula is C23H23N5O5. The number of nitro groups is 1. The van der Waals surface area contributed by atoms with E-state index in [2.05, 4.69) is 10.3 Å². The first-order valence-corrected chi connectivity index (χ1v) is 10.5. The molecule has 1 saturated heterocycles. The molecule has 0 saturated carbocycles. The Labute approximate surface area is 189 Å². The van der Waals surface area contributed by atoms with Gasteiger partial charge in [0.15, 0.2) is 0 Å². The van der Waals surface area contributed by atoms with Gasteiger partial charge in [0.2, 0.25) is 5.91 Å². The van der Waals surface area contributed by atoms with Crippen LogP contribution < -0.4 is 10.2 Å². The molecule has 1 aliphatic heterocycles. The highest BCUT2D eigenvalue weighted by Gasteiger charge is 2.29. The number of carbonyl (C=O) groups is 2. The summed E-state index contributed by atoms with van der Waals surface area (Å²) in [7, 11) is 0. The Balaban J connectivity index is 1.39. The van der Waals surface area contributed by atoms with Crippen molar-refractivity contribution in [3.05, 3.63) is 76.5 Å². The lowest BCUT2D eigenvalue weighted by Gasteiger charge is -2.37. The van der Waals surface area contributed by atoms with Gasteiger partial charge in [-0.3, -0.25) is 24.7 Å². The molecule has 0 spiro atoms. The fourth-order valence-electron chi connectivity index (χ4n) is 3.91. The second-order valence-electron chi connectivity index (χ2n) is 7.67. The van der Waals surface area contributed by atoms with Crippen LogP contribution in [0, 0.1) is 10.1 Å². The number of nitro benzene ring substituents is 1. The van der Waals surface area contributed by atoms with Gasteiger partial charge in [0.25, 0.3) is 11.6 Å². The number of nitrogens with one attached hydrogen (secondary N) is 1. The molecule has 1 fully saturated rings. The highest BCUT2D eigenvalue weighted by atomic mass is 16.6. The molecule has 2 N–H and O–H groups in total. The van der Waals surface area contributed by atoms with E-state index >= 15 is 0 Å². The number of aliphatic hydroxyl groups is 1. The van der Waals surface area contributed by atoms with Crippen LogP contribution in [0.1, 0.15) is 10.4 Å². The zero-order chi connectivity index (χ0) is 23.4. The number of nitrogens with zero attached hydrogens (tertiary/aromatic N) is 4. The maximum atomic E-state index is 13.0. The third-order valence-corrected chi connectivity index (χ3v) is 5.70. The molecule has 0 bridgehead atoms. The predicted octanol–water partition coefficient (Wildman–Crippen LogP) is 1.58. The Bertz CT molecular complexity index is 1170. The van der Waals surface area contributed by atoms with E-state index in [1.165, 1.54) is 18.3 Å². The fourth-order valence-corrected chi connectivity index (χ4v) is 3.91. The van der Waals surface area contributed by atoms with Crippen LogP contribution in [-0.4, -0.2) is 70.6 Å². The Kier molecular flexibility index (Phi) is 6.45. The van der Waals surface area contributed by atoms with Crippen molar-refractivity contribution >= 4 is 34.1 Å². The van der Waals surface area contributed by atoms with Gasteiger partial charge in [-0.2, -0.15) is 0 Å². The number of hydrogen-bond donors (Lipinski definition) is 2. The minimum absolute atomic E-state index is 0.0241. The Morgan fingerprint density at radius 2 is 1.76 bits per heavy atom. The quantitative estimate of drug-likeness (QED) is 0.432. The van der Waals surface area contributed by atoms with Crippen molar-refractivity contribution in [2.45, 2.75) is 6.04 Å². The van der Waals surface area contributed by atoms with Crippen LogP contribution in [0.3, 0.4) is 0 Å². The van der Waals surface area contributed by atoms with E-state index < -0.39 is 23.5 Å². The summed E-state index contributed by atoms with van der Waals surface area (Å²) in [5, 5.41) is 23.9. The van der Waals surface area contributed by atoms with E-state index in [0.29, 0.717) is 42.6 Å². The molecule has 4 rings (SSSR count). The van der Waals surface area contributed by atoms with Crippen molar-refractivity contribution < 1.29 is 19.6 Å². The fraction of sp³-hybridized carbons (Fsp3) is 0.261. The molecule has 1 atom stereocenters. The lowest BCUT2D eigenvalue weighted by atomic mass is 10.1. The van der Waals surface area contributed by atoms with Crippen LogP contribution in [-0.2, 0) is 4.79 Å². The second kappa shape index (κ2) is 9.61. The predicted molar refractivity (Wildman–Crippen MR) is 122 cm³/mol. The van der Waals surface area contributed by atoms with Crippen LogP contribution in [0.15, 0.2) is 60.8 Å². The van der Waals surface area contributed by atoms with Gasteiger partial charge >= 0.3 is 0 Å². The maximum Gasteiger partial charge on any atom is 0.269 e. The molecule has 2 aromatic carbocycles. The van der Waals surface area contributed by atoms with Gasteiger partial charge < -0.3 is 20.2 Å². The van der Waals surface area contributed by atoms with E-state index in [1.54, 1.807) is 41.3 Å². The first kappa shape index (κ1) is 22.2. The number of anilines is 1. The van der Waals surface area contributed by atoms with Gasteiger partial charge in [-0.1, -0.05) is 18.2 Å². The van der Waals surface area contributed by atoms with Crippen LogP contribution in [0.4, 0.5) is 11.4 Å². The number of amides is 2. The largest absolute Gasteiger partial charge is 0.394 e. The number of hydrogen-bond acceptors (Lipinski definition) is 7. The maximum absolute atomic E-state index is 13.0. The van der Waals surface area contributed by atoms with Crippen molar-refractivity contribution in [2.24, 2.45) is 0 Å². The van der Waals surface area contributed by atoms with Crippen molar-refractivity contribution in [3.63, 3.8) is 0 Å². The van der Waals surface area contributed by atoms with E-state index in [9.17, 15) is 24.8 Å². The average Bonchev–Trinajstić information content (AvgIpc) is 2.86. The molecule has 3 aromatic rings. The molecule has 170 valence electrons. The van der Waals surface area contributed by atoms with Gasteiger partial charge in [-0.25, -0.2) is 0 Å². The summed E-state index contributed by atoms with van der Waals surface area (Å²) in [6.07, 6.45) is 1.53. The van der Waals surface area contributed by atoms with Crippen molar-refractivity contribution in [3.8, 4) is 0 Å². The Hall–Kier alpha value is -4.05. The lowest BCUT2D eigenvalue weighted by Crippen LogP contribution is -2.56. The molecule has 0 aliphatic carbocycles. The Morgan fingerprint density at radius 1 is 1.06 bits per heavy atom. The summed E-state index contributed by atoms with van der Waals surface area (Å²) in [6.45, 7) is 1.35. The second-order valence-corrected chi connectivity index (χ2v) is 7.67. The molecule has 33 heavy (non-hydrogen) atoms. The van der Waals surface area contributed by atoms with Gasteiger partial charge in [0, 0.05) is 55.6 Å². The van der Waals surface area contributed by atoms with E-state index in [4.69, 9.17) is 0 Å². The number of para-hydroxylation sites is 1. The average molecular weight is 449 g/mol. The summed E-state index contributed by atoms with van der Waals surface area (Å²) >= 11 is 0. The third-order valence-electron chi connectivity index (χ3n) is 5.70. The number of benzene rings is 2. The monoisotopic (exact) mass is 449 g/mol. The molecule has 0 radical (unpaired) electrons. The van der Waals surface area contributed by atoms with E-state index in [0.717, 1.165) is 5.69 Å². The number of piperazine rings is 1. The number of aromatic nitrogens is 1. The molecule has 10 heteroatoms. The van der Waals surface area contributed by atoms with Crippen LogP contribution >= 0.6 is 0 Å². The van der Waals surface area contributed by atoms with Gasteiger partial charge in [0.1, 0.15) is 6.04 Å². The molecule has 1 aliphatic rings. The number of non-ortho nitro benzene ring substituents is 1. The number of carbonyl (C=O) groups excluding carboxylic acids is 2. The molecular weight excluding hydrogens is 426 g/mol. The van der Waals surface area contributed by atoms with E-state index in [-0.39, 0.29) is 11.6 Å². The summed E-state index contributed by atoms with van der Waals surface area (Å²) in [5.41, 5.74) is 1.91. The molecule has 1 aromatic heterocycles. The van der Waals surface area contributed by atoms with Crippen molar-refractivity contribution in [1.29, 1.82) is 0 Å². The highest BCUT2D eigenvalue weighted by molar-refractivity contribution is 6.07. The molecule has 2 amide bonds. The summed E-state index contributed by atoms with van der Waals surface area (Å²) < 4.78 is 0. The number of pyridine rings is 1. The van der Waals surface area contributed by atoms with Crippen LogP contribution in [0.2, 0.25) is 0 Å². The smallest absolute Gasteiger partial charge is 0.269 e. The molecule has 10 nitrogen and oxygen atoms in total. The third kappa shape index (κ3) is 4.75. The first-order valence-electron chi connectivity index (χ1n) is 10.5. The van der Waals surface area contributed by atoms with E-state index in [1.807, 2.05) is 11.0 Å². The standard InChI is InChI=1S/C23H23N5O5/c29-15-21(25-22(30)19-9-10-24-20-4-2-1-3-18(19)20)23(31)27-13-11-26(12-14-27)16-5-7-17(8-6-16)28(32)33/h1-10,21,29H,11-15H2,(H,25,30)/t21-/m0/s1. The molecule has 2 heterocycles. The minimum Gasteiger partial charge on any atom is -0.394 e.